The molecule has 1 heteroatoms. The van der Waals surface area contributed by atoms with Crippen LogP contribution in [-0.4, -0.2) is 10.7 Å². The van der Waals surface area contributed by atoms with Crippen LogP contribution in [0.2, 0.25) is 0 Å². The minimum atomic E-state index is -0.428. The van der Waals surface area contributed by atoms with Crippen molar-refractivity contribution in [3.05, 3.63) is 0 Å². The van der Waals surface area contributed by atoms with E-state index in [0.717, 1.165) is 19.3 Å². The van der Waals surface area contributed by atoms with Gasteiger partial charge in [-0.15, -0.1) is 0 Å². The molecule has 0 fully saturated rings. The quantitative estimate of drug-likeness (QED) is 0.675. The second kappa shape index (κ2) is 4.86. The van der Waals surface area contributed by atoms with Crippen molar-refractivity contribution >= 4 is 0 Å². The van der Waals surface area contributed by atoms with Crippen LogP contribution >= 0.6 is 0 Å². The molecular weight excluding hydrogens is 148 g/mol. The molecule has 0 aromatic rings. The van der Waals surface area contributed by atoms with Crippen LogP contribution in [0.3, 0.4) is 0 Å². The van der Waals surface area contributed by atoms with Crippen LogP contribution in [0.25, 0.3) is 0 Å². The lowest BCUT2D eigenvalue weighted by Gasteiger charge is -2.35. The summed E-state index contributed by atoms with van der Waals surface area (Å²) in [5, 5.41) is 10.3. The van der Waals surface area contributed by atoms with Crippen LogP contribution < -0.4 is 0 Å². The third-order valence-electron chi connectivity index (χ3n) is 3.14. The van der Waals surface area contributed by atoms with Crippen LogP contribution in [0.15, 0.2) is 0 Å². The molecule has 0 rings (SSSR count). The Hall–Kier alpha value is -0.0400. The molecule has 12 heavy (non-hydrogen) atoms. The maximum atomic E-state index is 10.3. The van der Waals surface area contributed by atoms with E-state index in [9.17, 15) is 5.11 Å². The summed E-state index contributed by atoms with van der Waals surface area (Å²) in [4.78, 5) is 0. The SMILES string of the molecule is CCCC(O)(CC)C(C)C(C)C. The summed E-state index contributed by atoms with van der Waals surface area (Å²) in [5.74, 6) is 0.976. The number of hydrogen-bond donors (Lipinski definition) is 1. The van der Waals surface area contributed by atoms with E-state index in [-0.39, 0.29) is 0 Å². The predicted molar refractivity (Wildman–Crippen MR) is 54.2 cm³/mol. The molecule has 0 aliphatic carbocycles. The molecule has 0 saturated heterocycles. The van der Waals surface area contributed by atoms with Gasteiger partial charge in [-0.1, -0.05) is 41.0 Å². The summed E-state index contributed by atoms with van der Waals surface area (Å²) in [6, 6.07) is 0. The first kappa shape index (κ1) is 12.0. The molecule has 0 aromatic carbocycles. The average molecular weight is 172 g/mol. The second-order valence-corrected chi connectivity index (χ2v) is 4.24. The number of hydrogen-bond acceptors (Lipinski definition) is 1. The lowest BCUT2D eigenvalue weighted by Crippen LogP contribution is -2.38. The molecule has 0 radical (unpaired) electrons. The van der Waals surface area contributed by atoms with Gasteiger partial charge in [0.05, 0.1) is 5.60 Å². The van der Waals surface area contributed by atoms with Crippen molar-refractivity contribution in [2.45, 2.75) is 59.5 Å². The molecule has 0 aliphatic rings. The van der Waals surface area contributed by atoms with E-state index in [1.165, 1.54) is 0 Å². The molecule has 0 spiro atoms. The zero-order valence-electron chi connectivity index (χ0n) is 9.22. The Morgan fingerprint density at radius 3 is 1.92 bits per heavy atom. The van der Waals surface area contributed by atoms with Crippen LogP contribution in [-0.2, 0) is 0 Å². The van der Waals surface area contributed by atoms with Crippen molar-refractivity contribution < 1.29 is 5.11 Å². The van der Waals surface area contributed by atoms with Gasteiger partial charge < -0.3 is 5.11 Å². The Balaban J connectivity index is 4.28. The van der Waals surface area contributed by atoms with E-state index in [0.29, 0.717) is 11.8 Å². The maximum absolute atomic E-state index is 10.3. The van der Waals surface area contributed by atoms with E-state index >= 15 is 0 Å². The highest BCUT2D eigenvalue weighted by atomic mass is 16.3. The molecule has 1 nitrogen and oxygen atoms in total. The zero-order chi connectivity index (χ0) is 9.78. The van der Waals surface area contributed by atoms with Crippen LogP contribution in [0.5, 0.6) is 0 Å². The third kappa shape index (κ3) is 2.78. The van der Waals surface area contributed by atoms with Crippen molar-refractivity contribution in [1.82, 2.24) is 0 Å². The van der Waals surface area contributed by atoms with Crippen molar-refractivity contribution in [3.8, 4) is 0 Å². The van der Waals surface area contributed by atoms with Crippen molar-refractivity contribution in [2.75, 3.05) is 0 Å². The fourth-order valence-electron chi connectivity index (χ4n) is 1.78. The third-order valence-corrected chi connectivity index (χ3v) is 3.14. The Kier molecular flexibility index (Phi) is 4.84. The molecule has 0 amide bonds. The van der Waals surface area contributed by atoms with Gasteiger partial charge in [0.25, 0.3) is 0 Å². The van der Waals surface area contributed by atoms with E-state index in [4.69, 9.17) is 0 Å². The first-order valence-electron chi connectivity index (χ1n) is 5.20. The Bertz CT molecular complexity index is 120. The molecule has 0 aromatic heterocycles. The summed E-state index contributed by atoms with van der Waals surface area (Å²) < 4.78 is 0. The summed E-state index contributed by atoms with van der Waals surface area (Å²) in [6.07, 6.45) is 2.88. The largest absolute Gasteiger partial charge is 0.390 e. The summed E-state index contributed by atoms with van der Waals surface area (Å²) >= 11 is 0. The smallest absolute Gasteiger partial charge is 0.0672 e. The Morgan fingerprint density at radius 1 is 1.17 bits per heavy atom. The van der Waals surface area contributed by atoms with E-state index in [2.05, 4.69) is 34.6 Å². The van der Waals surface area contributed by atoms with Gasteiger partial charge in [0.15, 0.2) is 0 Å². The summed E-state index contributed by atoms with van der Waals surface area (Å²) in [7, 11) is 0. The highest BCUT2D eigenvalue weighted by molar-refractivity contribution is 4.83. The second-order valence-electron chi connectivity index (χ2n) is 4.24. The minimum absolute atomic E-state index is 0.405. The summed E-state index contributed by atoms with van der Waals surface area (Å²) in [6.45, 7) is 10.7. The maximum Gasteiger partial charge on any atom is 0.0672 e. The average Bonchev–Trinajstić information content (AvgIpc) is 2.03. The molecule has 0 heterocycles. The molecule has 2 atom stereocenters. The molecule has 0 saturated carbocycles. The molecule has 0 aliphatic heterocycles. The van der Waals surface area contributed by atoms with Gasteiger partial charge in [-0.05, 0) is 24.7 Å². The predicted octanol–water partition coefficient (Wildman–Crippen LogP) is 3.22. The first-order valence-corrected chi connectivity index (χ1v) is 5.20. The fraction of sp³-hybridized carbons (Fsp3) is 1.00. The zero-order valence-corrected chi connectivity index (χ0v) is 9.22. The van der Waals surface area contributed by atoms with Gasteiger partial charge in [-0.3, -0.25) is 0 Å². The Labute approximate surface area is 77.2 Å². The molecule has 0 bridgehead atoms. The van der Waals surface area contributed by atoms with Gasteiger partial charge in [0.2, 0.25) is 0 Å². The molecular formula is C11H24O. The van der Waals surface area contributed by atoms with E-state index < -0.39 is 5.60 Å². The molecule has 74 valence electrons. The van der Waals surface area contributed by atoms with Gasteiger partial charge in [0.1, 0.15) is 0 Å². The van der Waals surface area contributed by atoms with Crippen LogP contribution in [0.4, 0.5) is 0 Å². The number of aliphatic hydroxyl groups is 1. The molecule has 2 unspecified atom stereocenters. The molecule has 1 N–H and O–H groups in total. The van der Waals surface area contributed by atoms with E-state index in [1.54, 1.807) is 0 Å². The summed E-state index contributed by atoms with van der Waals surface area (Å²) in [5.41, 5.74) is -0.428. The van der Waals surface area contributed by atoms with Crippen molar-refractivity contribution in [2.24, 2.45) is 11.8 Å². The van der Waals surface area contributed by atoms with Crippen LogP contribution in [0.1, 0.15) is 53.9 Å². The first-order chi connectivity index (χ1) is 5.48. The van der Waals surface area contributed by atoms with Gasteiger partial charge in [-0.25, -0.2) is 0 Å². The number of rotatable bonds is 5. The highest BCUT2D eigenvalue weighted by Gasteiger charge is 2.32. The minimum Gasteiger partial charge on any atom is -0.390 e. The van der Waals surface area contributed by atoms with Gasteiger partial charge in [-0.2, -0.15) is 0 Å². The van der Waals surface area contributed by atoms with Gasteiger partial charge >= 0.3 is 0 Å². The van der Waals surface area contributed by atoms with Crippen molar-refractivity contribution in [3.63, 3.8) is 0 Å². The van der Waals surface area contributed by atoms with Crippen molar-refractivity contribution in [1.29, 1.82) is 0 Å². The monoisotopic (exact) mass is 172 g/mol. The lowest BCUT2D eigenvalue weighted by molar-refractivity contribution is -0.0403. The van der Waals surface area contributed by atoms with Crippen LogP contribution in [0, 0.1) is 11.8 Å². The van der Waals surface area contributed by atoms with E-state index in [1.807, 2.05) is 0 Å². The Morgan fingerprint density at radius 2 is 1.67 bits per heavy atom. The fourth-order valence-corrected chi connectivity index (χ4v) is 1.78. The van der Waals surface area contributed by atoms with Gasteiger partial charge in [0, 0.05) is 0 Å². The normalized spacial score (nSPS) is 19.2. The standard InChI is InChI=1S/C11H24O/c1-6-8-11(12,7-2)10(5)9(3)4/h9-10,12H,6-8H2,1-5H3. The lowest BCUT2D eigenvalue weighted by atomic mass is 9.77. The topological polar surface area (TPSA) is 20.2 Å². The highest BCUT2D eigenvalue weighted by Crippen LogP contribution is 2.31.